The molecule has 2 aliphatic heterocycles. The molecule has 2 fully saturated rings. The number of nitrogens with zero attached hydrogens (tertiary/aromatic N) is 1. The molecule has 2 heterocycles. The van der Waals surface area contributed by atoms with Crippen LogP contribution in [0.15, 0.2) is 24.3 Å². The summed E-state index contributed by atoms with van der Waals surface area (Å²) in [5.74, 6) is 1.50. The minimum atomic E-state index is 0.553. The maximum Gasteiger partial charge on any atom is 0.0320 e. The fourth-order valence-electron chi connectivity index (χ4n) is 3.80. The molecule has 0 bridgehead atoms. The van der Waals surface area contributed by atoms with Crippen molar-refractivity contribution in [3.8, 4) is 0 Å². The Hall–Kier alpha value is -0.860. The van der Waals surface area contributed by atoms with Crippen molar-refractivity contribution in [3.05, 3.63) is 35.4 Å². The van der Waals surface area contributed by atoms with E-state index in [2.05, 4.69) is 55.3 Å². The average Bonchev–Trinajstić information content (AvgIpc) is 2.94. The molecule has 20 heavy (non-hydrogen) atoms. The summed E-state index contributed by atoms with van der Waals surface area (Å²) in [6.45, 7) is 10.6. The lowest BCUT2D eigenvalue weighted by Crippen LogP contribution is -2.45. The first kappa shape index (κ1) is 14.1. The summed E-state index contributed by atoms with van der Waals surface area (Å²) in [6.07, 6.45) is 2.68. The van der Waals surface area contributed by atoms with Gasteiger partial charge in [-0.1, -0.05) is 38.1 Å². The molecule has 0 spiro atoms. The van der Waals surface area contributed by atoms with E-state index in [1.165, 1.54) is 43.6 Å². The van der Waals surface area contributed by atoms with Gasteiger partial charge in [-0.05, 0) is 49.3 Å². The lowest BCUT2D eigenvalue weighted by Gasteiger charge is -2.38. The molecule has 0 saturated carbocycles. The molecule has 3 atom stereocenters. The first-order valence-corrected chi connectivity index (χ1v) is 8.22. The van der Waals surface area contributed by atoms with E-state index >= 15 is 0 Å². The van der Waals surface area contributed by atoms with Gasteiger partial charge < -0.3 is 5.32 Å². The fourth-order valence-corrected chi connectivity index (χ4v) is 3.80. The molecule has 0 amide bonds. The standard InChI is InChI=1S/C18H28N2/c1-13(2)15-4-6-16(7-5-15)14(3)20-11-9-18-17(12-20)8-10-19-18/h4-7,13-14,17-19H,8-12H2,1-3H3. The number of nitrogens with one attached hydrogen (secondary N) is 1. The summed E-state index contributed by atoms with van der Waals surface area (Å²) >= 11 is 0. The number of rotatable bonds is 3. The Kier molecular flexibility index (Phi) is 4.13. The van der Waals surface area contributed by atoms with Crippen LogP contribution in [0.3, 0.4) is 0 Å². The Labute approximate surface area is 123 Å². The Bertz CT molecular complexity index is 437. The highest BCUT2D eigenvalue weighted by atomic mass is 15.2. The third-order valence-electron chi connectivity index (χ3n) is 5.32. The van der Waals surface area contributed by atoms with Crippen molar-refractivity contribution in [2.75, 3.05) is 19.6 Å². The van der Waals surface area contributed by atoms with Crippen LogP contribution in [0, 0.1) is 5.92 Å². The van der Waals surface area contributed by atoms with Gasteiger partial charge in [0.2, 0.25) is 0 Å². The van der Waals surface area contributed by atoms with E-state index in [9.17, 15) is 0 Å². The second-order valence-electron chi connectivity index (χ2n) is 6.89. The van der Waals surface area contributed by atoms with E-state index in [1.54, 1.807) is 0 Å². The van der Waals surface area contributed by atoms with Gasteiger partial charge in [0.25, 0.3) is 0 Å². The van der Waals surface area contributed by atoms with Crippen LogP contribution in [0.5, 0.6) is 0 Å². The van der Waals surface area contributed by atoms with E-state index in [0.717, 1.165) is 12.0 Å². The summed E-state index contributed by atoms with van der Waals surface area (Å²) < 4.78 is 0. The normalized spacial score (nSPS) is 28.6. The molecule has 2 aliphatic rings. The maximum atomic E-state index is 3.65. The highest BCUT2D eigenvalue weighted by Gasteiger charge is 2.34. The predicted octanol–water partition coefficient (Wildman–Crippen LogP) is 3.55. The quantitative estimate of drug-likeness (QED) is 0.905. The van der Waals surface area contributed by atoms with Gasteiger partial charge in [-0.3, -0.25) is 4.90 Å². The Morgan fingerprint density at radius 1 is 1.05 bits per heavy atom. The minimum absolute atomic E-state index is 0.553. The summed E-state index contributed by atoms with van der Waals surface area (Å²) in [5.41, 5.74) is 2.92. The van der Waals surface area contributed by atoms with Crippen molar-refractivity contribution in [1.29, 1.82) is 0 Å². The average molecular weight is 272 g/mol. The minimum Gasteiger partial charge on any atom is -0.314 e. The first-order valence-electron chi connectivity index (χ1n) is 8.22. The van der Waals surface area contributed by atoms with E-state index in [4.69, 9.17) is 0 Å². The van der Waals surface area contributed by atoms with Crippen LogP contribution in [0.4, 0.5) is 0 Å². The molecule has 0 aromatic heterocycles. The van der Waals surface area contributed by atoms with E-state index in [1.807, 2.05) is 0 Å². The third-order valence-corrected chi connectivity index (χ3v) is 5.32. The summed E-state index contributed by atoms with van der Waals surface area (Å²) in [4.78, 5) is 2.68. The Morgan fingerprint density at radius 2 is 1.75 bits per heavy atom. The summed E-state index contributed by atoms with van der Waals surface area (Å²) in [7, 11) is 0. The highest BCUT2D eigenvalue weighted by Crippen LogP contribution is 2.31. The van der Waals surface area contributed by atoms with E-state index < -0.39 is 0 Å². The lowest BCUT2D eigenvalue weighted by molar-refractivity contribution is 0.122. The molecule has 2 saturated heterocycles. The number of hydrogen-bond acceptors (Lipinski definition) is 2. The van der Waals surface area contributed by atoms with Crippen LogP contribution in [0.25, 0.3) is 0 Å². The SMILES string of the molecule is CC(C)c1ccc(C(C)N2CCC3NCCC3C2)cc1. The maximum absolute atomic E-state index is 3.65. The smallest absolute Gasteiger partial charge is 0.0320 e. The first-order chi connectivity index (χ1) is 9.65. The van der Waals surface area contributed by atoms with Gasteiger partial charge in [-0.15, -0.1) is 0 Å². The van der Waals surface area contributed by atoms with Gasteiger partial charge in [0.05, 0.1) is 0 Å². The zero-order valence-electron chi connectivity index (χ0n) is 13.1. The van der Waals surface area contributed by atoms with Crippen LogP contribution < -0.4 is 5.32 Å². The van der Waals surface area contributed by atoms with Gasteiger partial charge >= 0.3 is 0 Å². The molecule has 110 valence electrons. The molecule has 2 heteroatoms. The molecular formula is C18H28N2. The largest absolute Gasteiger partial charge is 0.314 e. The van der Waals surface area contributed by atoms with Crippen LogP contribution in [-0.2, 0) is 0 Å². The zero-order chi connectivity index (χ0) is 14.1. The van der Waals surface area contributed by atoms with Crippen LogP contribution >= 0.6 is 0 Å². The van der Waals surface area contributed by atoms with Crippen molar-refractivity contribution >= 4 is 0 Å². The van der Waals surface area contributed by atoms with Gasteiger partial charge in [-0.2, -0.15) is 0 Å². The number of piperidine rings is 1. The molecule has 1 aromatic rings. The van der Waals surface area contributed by atoms with Crippen LogP contribution in [0.1, 0.15) is 56.7 Å². The second-order valence-corrected chi connectivity index (χ2v) is 6.89. The Balaban J connectivity index is 1.67. The number of fused-ring (bicyclic) bond motifs is 1. The molecule has 3 rings (SSSR count). The van der Waals surface area contributed by atoms with Crippen molar-refractivity contribution in [1.82, 2.24) is 10.2 Å². The molecule has 1 N–H and O–H groups in total. The monoisotopic (exact) mass is 272 g/mol. The third kappa shape index (κ3) is 2.77. The fraction of sp³-hybridized carbons (Fsp3) is 0.667. The number of likely N-dealkylation sites (tertiary alicyclic amines) is 1. The highest BCUT2D eigenvalue weighted by molar-refractivity contribution is 5.26. The lowest BCUT2D eigenvalue weighted by atomic mass is 9.91. The molecule has 0 radical (unpaired) electrons. The van der Waals surface area contributed by atoms with Crippen molar-refractivity contribution in [2.24, 2.45) is 5.92 Å². The van der Waals surface area contributed by atoms with Crippen LogP contribution in [-0.4, -0.2) is 30.6 Å². The van der Waals surface area contributed by atoms with Gasteiger partial charge in [0.1, 0.15) is 0 Å². The summed E-state index contributed by atoms with van der Waals surface area (Å²) in [5, 5.41) is 3.65. The number of benzene rings is 1. The molecule has 2 nitrogen and oxygen atoms in total. The number of hydrogen-bond donors (Lipinski definition) is 1. The predicted molar refractivity (Wildman–Crippen MR) is 85.0 cm³/mol. The second kappa shape index (κ2) is 5.87. The van der Waals surface area contributed by atoms with Gasteiger partial charge in [-0.25, -0.2) is 0 Å². The Morgan fingerprint density at radius 3 is 2.45 bits per heavy atom. The topological polar surface area (TPSA) is 15.3 Å². The van der Waals surface area contributed by atoms with Crippen molar-refractivity contribution < 1.29 is 0 Å². The van der Waals surface area contributed by atoms with E-state index in [-0.39, 0.29) is 0 Å². The molecule has 1 aromatic carbocycles. The van der Waals surface area contributed by atoms with Gasteiger partial charge in [0, 0.05) is 25.2 Å². The van der Waals surface area contributed by atoms with Crippen molar-refractivity contribution in [3.63, 3.8) is 0 Å². The van der Waals surface area contributed by atoms with Gasteiger partial charge in [0.15, 0.2) is 0 Å². The van der Waals surface area contributed by atoms with E-state index in [0.29, 0.717) is 12.0 Å². The van der Waals surface area contributed by atoms with Crippen LogP contribution in [0.2, 0.25) is 0 Å². The van der Waals surface area contributed by atoms with Crippen molar-refractivity contribution in [2.45, 2.75) is 51.6 Å². The molecule has 0 aliphatic carbocycles. The summed E-state index contributed by atoms with van der Waals surface area (Å²) in [6, 6.07) is 10.6. The zero-order valence-corrected chi connectivity index (χ0v) is 13.1. The molecule has 3 unspecified atom stereocenters. The molecular weight excluding hydrogens is 244 g/mol.